The molecule has 3 unspecified atom stereocenters. The number of para-hydroxylation sites is 1. The standard InChI is InChI=1S/C24H25N7.C9H11F2N3O4.ClH/c1-15(2)31-14-28-21-23(26-9-8-17-13-27-20-7-5-4-6-19(17)20)29-22(30-24(21)31)18-10-16(3)11-25-12-18;10-9(11)6(16)4(3-15)18-7(9)14-2-1-5(12)13-8(14)17;/h4-7,10-15,27H,8-9H2,1-3H3,(H,26,29,30);1-2,4,6-7,15-16H,3H2,(H2,12,13,17);1H. The zero-order chi connectivity index (χ0) is 34.9. The number of halogens is 3. The number of aromatic nitrogens is 8. The number of benzene rings is 1. The molecular formula is C33H37ClF2N10O4. The van der Waals surface area contributed by atoms with Gasteiger partial charge in [-0.25, -0.2) is 19.7 Å². The smallest absolute Gasteiger partial charge is 0.351 e. The van der Waals surface area contributed by atoms with Gasteiger partial charge < -0.3 is 35.6 Å². The van der Waals surface area contributed by atoms with E-state index in [0.29, 0.717) is 10.4 Å². The number of hydrogen-bond acceptors (Lipinski definition) is 11. The largest absolute Gasteiger partial charge is 0.394 e. The molecule has 6 aromatic rings. The number of aromatic amines is 1. The number of pyridine rings is 1. The van der Waals surface area contributed by atoms with Crippen molar-refractivity contribution >= 4 is 46.1 Å². The highest BCUT2D eigenvalue weighted by Crippen LogP contribution is 2.42. The topological polar surface area (TPSA) is 195 Å². The van der Waals surface area contributed by atoms with E-state index in [1.165, 1.54) is 10.9 Å². The molecule has 14 nitrogen and oxygen atoms in total. The Morgan fingerprint density at radius 3 is 2.64 bits per heavy atom. The third kappa shape index (κ3) is 7.14. The van der Waals surface area contributed by atoms with Gasteiger partial charge in [-0.1, -0.05) is 18.2 Å². The minimum Gasteiger partial charge on any atom is -0.394 e. The van der Waals surface area contributed by atoms with Crippen LogP contribution in [0.2, 0.25) is 0 Å². The number of imidazole rings is 1. The van der Waals surface area contributed by atoms with Gasteiger partial charge in [0.1, 0.15) is 17.4 Å². The van der Waals surface area contributed by atoms with E-state index in [1.54, 1.807) is 6.20 Å². The first-order valence-electron chi connectivity index (χ1n) is 15.6. The van der Waals surface area contributed by atoms with Gasteiger partial charge in [-0.05, 0) is 56.5 Å². The van der Waals surface area contributed by atoms with Crippen LogP contribution in [-0.2, 0) is 11.2 Å². The molecular weight excluding hydrogens is 674 g/mol. The summed E-state index contributed by atoms with van der Waals surface area (Å²) in [4.78, 5) is 36.6. The molecule has 0 spiro atoms. The maximum atomic E-state index is 13.7. The first kappa shape index (κ1) is 36.3. The van der Waals surface area contributed by atoms with Crippen LogP contribution in [0.3, 0.4) is 0 Å². The highest BCUT2D eigenvalue weighted by Gasteiger charge is 2.59. The van der Waals surface area contributed by atoms with Crippen molar-refractivity contribution in [3.05, 3.63) is 89.1 Å². The van der Waals surface area contributed by atoms with Gasteiger partial charge in [0.05, 0.1) is 12.9 Å². The van der Waals surface area contributed by atoms with Gasteiger partial charge in [0, 0.05) is 53.8 Å². The van der Waals surface area contributed by atoms with Crippen molar-refractivity contribution in [1.82, 2.24) is 39.0 Å². The lowest BCUT2D eigenvalue weighted by Crippen LogP contribution is -2.41. The normalized spacial score (nSPS) is 18.2. The fourth-order valence-electron chi connectivity index (χ4n) is 5.60. The van der Waals surface area contributed by atoms with E-state index in [4.69, 9.17) is 25.5 Å². The molecule has 1 aliphatic heterocycles. The number of aliphatic hydroxyl groups excluding tert-OH is 2. The molecule has 1 aliphatic rings. The van der Waals surface area contributed by atoms with Crippen molar-refractivity contribution in [1.29, 1.82) is 0 Å². The number of nitrogen functional groups attached to an aromatic ring is 1. The number of ether oxygens (including phenoxy) is 1. The summed E-state index contributed by atoms with van der Waals surface area (Å²) in [5.41, 5.74) is 10.2. The number of rotatable bonds is 8. The van der Waals surface area contributed by atoms with Crippen LogP contribution in [0.25, 0.3) is 33.5 Å². The minimum atomic E-state index is -3.71. The van der Waals surface area contributed by atoms with Crippen LogP contribution in [0.1, 0.15) is 37.2 Å². The highest BCUT2D eigenvalue weighted by molar-refractivity contribution is 5.86. The zero-order valence-corrected chi connectivity index (χ0v) is 28.2. The van der Waals surface area contributed by atoms with Gasteiger partial charge in [0.25, 0.3) is 0 Å². The van der Waals surface area contributed by atoms with Gasteiger partial charge in [0.2, 0.25) is 6.23 Å². The fraction of sp³-hybridized carbons (Fsp3) is 0.333. The fourth-order valence-corrected chi connectivity index (χ4v) is 5.60. The van der Waals surface area contributed by atoms with E-state index in [9.17, 15) is 18.7 Å². The Labute approximate surface area is 290 Å². The van der Waals surface area contributed by atoms with E-state index >= 15 is 0 Å². The van der Waals surface area contributed by atoms with Crippen molar-refractivity contribution in [3.63, 3.8) is 0 Å². The number of alkyl halides is 2. The van der Waals surface area contributed by atoms with Gasteiger partial charge in [-0.15, -0.1) is 12.4 Å². The van der Waals surface area contributed by atoms with Gasteiger partial charge in [-0.3, -0.25) is 9.55 Å². The van der Waals surface area contributed by atoms with E-state index in [0.717, 1.165) is 58.9 Å². The lowest BCUT2D eigenvalue weighted by Gasteiger charge is -2.20. The van der Waals surface area contributed by atoms with Crippen molar-refractivity contribution in [3.8, 4) is 11.4 Å². The Morgan fingerprint density at radius 1 is 1.16 bits per heavy atom. The SMILES string of the molecule is Cc1cncc(-c2nc(NCCc3c[nH]c4ccccc34)c3ncn(C(C)C)c3n2)c1.Cl.Nc1ccn(C2OC(CO)C(O)C2(F)F)c(=O)n1. The van der Waals surface area contributed by atoms with E-state index in [1.807, 2.05) is 25.5 Å². The summed E-state index contributed by atoms with van der Waals surface area (Å²) >= 11 is 0. The average molecular weight is 711 g/mol. The molecule has 50 heavy (non-hydrogen) atoms. The summed E-state index contributed by atoms with van der Waals surface area (Å²) in [5, 5.41) is 22.9. The Morgan fingerprint density at radius 2 is 1.94 bits per heavy atom. The summed E-state index contributed by atoms with van der Waals surface area (Å²) < 4.78 is 34.8. The van der Waals surface area contributed by atoms with Crippen LogP contribution in [0.15, 0.2) is 72.3 Å². The molecule has 0 radical (unpaired) electrons. The molecule has 6 heterocycles. The maximum absolute atomic E-state index is 13.7. The molecule has 0 bridgehead atoms. The number of fused-ring (bicyclic) bond motifs is 2. The van der Waals surface area contributed by atoms with Gasteiger partial charge >= 0.3 is 11.6 Å². The quantitative estimate of drug-likeness (QED) is 0.153. The Kier molecular flexibility index (Phi) is 10.8. The third-order valence-corrected chi connectivity index (χ3v) is 8.14. The lowest BCUT2D eigenvalue weighted by molar-refractivity contribution is -0.140. The monoisotopic (exact) mass is 710 g/mol. The van der Waals surface area contributed by atoms with Crippen LogP contribution in [-0.4, -0.2) is 80.5 Å². The summed E-state index contributed by atoms with van der Waals surface area (Å²) in [6.45, 7) is 6.23. The van der Waals surface area contributed by atoms with Gasteiger partial charge in [0.15, 0.2) is 23.4 Å². The van der Waals surface area contributed by atoms with Crippen LogP contribution < -0.4 is 16.7 Å². The van der Waals surface area contributed by atoms with Crippen molar-refractivity contribution < 1.29 is 23.7 Å². The van der Waals surface area contributed by atoms with Crippen molar-refractivity contribution in [2.24, 2.45) is 0 Å². The molecule has 0 amide bonds. The molecule has 5 aromatic heterocycles. The average Bonchev–Trinajstić information content (AvgIpc) is 3.76. The molecule has 1 fully saturated rings. The summed E-state index contributed by atoms with van der Waals surface area (Å²) in [5.74, 6) is -2.42. The van der Waals surface area contributed by atoms with Crippen molar-refractivity contribution in [2.45, 2.75) is 57.6 Å². The number of nitrogens with one attached hydrogen (secondary N) is 2. The predicted octanol–water partition coefficient (Wildman–Crippen LogP) is 4.05. The Balaban J connectivity index is 0.000000219. The number of anilines is 2. The number of aryl methyl sites for hydroxylation is 1. The molecule has 0 aliphatic carbocycles. The second-order valence-corrected chi connectivity index (χ2v) is 12.0. The molecule has 1 aromatic carbocycles. The number of aliphatic hydroxyl groups is 2. The van der Waals surface area contributed by atoms with E-state index < -0.39 is 36.7 Å². The number of hydrogen-bond donors (Lipinski definition) is 5. The molecule has 3 atom stereocenters. The van der Waals surface area contributed by atoms with Gasteiger partial charge in [-0.2, -0.15) is 13.8 Å². The molecule has 0 saturated carbocycles. The Hall–Kier alpha value is -5.03. The second kappa shape index (κ2) is 14.8. The Bertz CT molecular complexity index is 2150. The van der Waals surface area contributed by atoms with Crippen LogP contribution >= 0.6 is 12.4 Å². The van der Waals surface area contributed by atoms with Crippen LogP contribution in [0.5, 0.6) is 0 Å². The number of nitrogens with two attached hydrogens (primary N) is 1. The summed E-state index contributed by atoms with van der Waals surface area (Å²) in [6.07, 6.45) is 3.75. The number of H-pyrrole nitrogens is 1. The third-order valence-electron chi connectivity index (χ3n) is 8.14. The first-order valence-corrected chi connectivity index (χ1v) is 15.6. The van der Waals surface area contributed by atoms with E-state index in [-0.39, 0.29) is 24.3 Å². The zero-order valence-electron chi connectivity index (χ0n) is 27.4. The first-order chi connectivity index (χ1) is 23.5. The number of nitrogens with zero attached hydrogens (tertiary/aromatic N) is 7. The molecule has 1 saturated heterocycles. The lowest BCUT2D eigenvalue weighted by atomic mass is 10.1. The minimum absolute atomic E-state index is 0. The molecule has 6 N–H and O–H groups in total. The molecule has 7 rings (SSSR count). The predicted molar refractivity (Wildman–Crippen MR) is 186 cm³/mol. The highest BCUT2D eigenvalue weighted by atomic mass is 35.5. The van der Waals surface area contributed by atoms with Crippen LogP contribution in [0.4, 0.5) is 20.4 Å². The maximum Gasteiger partial charge on any atom is 0.351 e. The van der Waals surface area contributed by atoms with Crippen LogP contribution in [0, 0.1) is 6.92 Å². The summed E-state index contributed by atoms with van der Waals surface area (Å²) in [6, 6.07) is 11.8. The second-order valence-electron chi connectivity index (χ2n) is 12.0. The van der Waals surface area contributed by atoms with Crippen molar-refractivity contribution in [2.75, 3.05) is 24.2 Å². The molecule has 264 valence electrons. The van der Waals surface area contributed by atoms with E-state index in [2.05, 4.69) is 74.1 Å². The summed E-state index contributed by atoms with van der Waals surface area (Å²) in [7, 11) is 0. The molecule has 17 heteroatoms.